The molecule has 2 rings (SSSR count). The first kappa shape index (κ1) is 14.9. The van der Waals surface area contributed by atoms with Crippen molar-refractivity contribution in [2.75, 3.05) is 11.9 Å². The van der Waals surface area contributed by atoms with Crippen LogP contribution in [0.1, 0.15) is 24.7 Å². The molecule has 106 valence electrons. The van der Waals surface area contributed by atoms with Crippen molar-refractivity contribution in [3.05, 3.63) is 52.1 Å². The van der Waals surface area contributed by atoms with E-state index in [4.69, 9.17) is 0 Å². The van der Waals surface area contributed by atoms with Crippen LogP contribution in [0.3, 0.4) is 0 Å². The summed E-state index contributed by atoms with van der Waals surface area (Å²) in [7, 11) is 1.90. The molecule has 1 aromatic carbocycles. The highest BCUT2D eigenvalue weighted by Gasteiger charge is 2.10. The quantitative estimate of drug-likeness (QED) is 0.773. The SMILES string of the molecule is CCCc1nc(Br)cc(N(C)Cc2ccccc2F)n1. The fourth-order valence-electron chi connectivity index (χ4n) is 1.95. The molecule has 0 aliphatic carbocycles. The van der Waals surface area contributed by atoms with E-state index in [1.165, 1.54) is 6.07 Å². The largest absolute Gasteiger partial charge is 0.355 e. The summed E-state index contributed by atoms with van der Waals surface area (Å²) in [5.41, 5.74) is 0.654. The molecule has 0 atom stereocenters. The van der Waals surface area contributed by atoms with Gasteiger partial charge in [-0.2, -0.15) is 0 Å². The number of aromatic nitrogens is 2. The van der Waals surface area contributed by atoms with Crippen LogP contribution in [0.4, 0.5) is 10.2 Å². The van der Waals surface area contributed by atoms with E-state index < -0.39 is 0 Å². The molecule has 0 amide bonds. The molecule has 1 heterocycles. The zero-order valence-corrected chi connectivity index (χ0v) is 13.2. The minimum Gasteiger partial charge on any atom is -0.355 e. The highest BCUT2D eigenvalue weighted by atomic mass is 79.9. The molecule has 0 radical (unpaired) electrons. The molecule has 5 heteroatoms. The number of nitrogens with zero attached hydrogens (tertiary/aromatic N) is 3. The van der Waals surface area contributed by atoms with Gasteiger partial charge in [-0.3, -0.25) is 0 Å². The normalized spacial score (nSPS) is 10.6. The summed E-state index contributed by atoms with van der Waals surface area (Å²) in [6.07, 6.45) is 1.83. The number of aryl methyl sites for hydroxylation is 1. The summed E-state index contributed by atoms with van der Waals surface area (Å²) >= 11 is 3.40. The smallest absolute Gasteiger partial charge is 0.133 e. The maximum Gasteiger partial charge on any atom is 0.133 e. The Balaban J connectivity index is 2.20. The van der Waals surface area contributed by atoms with E-state index >= 15 is 0 Å². The van der Waals surface area contributed by atoms with E-state index in [1.807, 2.05) is 24.1 Å². The first-order valence-electron chi connectivity index (χ1n) is 6.58. The third-order valence-corrected chi connectivity index (χ3v) is 3.36. The van der Waals surface area contributed by atoms with Crippen molar-refractivity contribution in [3.63, 3.8) is 0 Å². The Morgan fingerprint density at radius 1 is 1.25 bits per heavy atom. The standard InChI is InChI=1S/C15H17BrFN3/c1-3-6-14-18-13(16)9-15(19-14)20(2)10-11-7-4-5-8-12(11)17/h4-5,7-9H,3,6,10H2,1-2H3. The maximum absolute atomic E-state index is 13.7. The Labute approximate surface area is 127 Å². The van der Waals surface area contributed by atoms with Gasteiger partial charge in [-0.25, -0.2) is 14.4 Å². The van der Waals surface area contributed by atoms with Gasteiger partial charge in [-0.1, -0.05) is 25.1 Å². The Morgan fingerprint density at radius 3 is 2.70 bits per heavy atom. The van der Waals surface area contributed by atoms with E-state index in [0.717, 1.165) is 29.1 Å². The average molecular weight is 338 g/mol. The van der Waals surface area contributed by atoms with Crippen LogP contribution in [0, 0.1) is 5.82 Å². The highest BCUT2D eigenvalue weighted by molar-refractivity contribution is 9.10. The molecule has 0 unspecified atom stereocenters. The van der Waals surface area contributed by atoms with E-state index in [0.29, 0.717) is 12.1 Å². The second-order valence-electron chi connectivity index (χ2n) is 4.66. The van der Waals surface area contributed by atoms with Gasteiger partial charge in [0.15, 0.2) is 0 Å². The number of benzene rings is 1. The van der Waals surface area contributed by atoms with Crippen molar-refractivity contribution in [2.45, 2.75) is 26.3 Å². The summed E-state index contributed by atoms with van der Waals surface area (Å²) in [5.74, 6) is 1.40. The van der Waals surface area contributed by atoms with Crippen LogP contribution in [-0.2, 0) is 13.0 Å². The van der Waals surface area contributed by atoms with Gasteiger partial charge in [0.05, 0.1) is 0 Å². The lowest BCUT2D eigenvalue weighted by atomic mass is 10.2. The first-order chi connectivity index (χ1) is 9.60. The summed E-state index contributed by atoms with van der Waals surface area (Å²) < 4.78 is 14.4. The van der Waals surface area contributed by atoms with Crippen molar-refractivity contribution < 1.29 is 4.39 Å². The van der Waals surface area contributed by atoms with Crippen LogP contribution < -0.4 is 4.90 Å². The molecule has 3 nitrogen and oxygen atoms in total. The maximum atomic E-state index is 13.7. The van der Waals surface area contributed by atoms with Crippen LogP contribution in [-0.4, -0.2) is 17.0 Å². The topological polar surface area (TPSA) is 29.0 Å². The second kappa shape index (κ2) is 6.79. The van der Waals surface area contributed by atoms with Crippen molar-refractivity contribution in [2.24, 2.45) is 0 Å². The van der Waals surface area contributed by atoms with Crippen LogP contribution in [0.5, 0.6) is 0 Å². The van der Waals surface area contributed by atoms with Crippen molar-refractivity contribution in [1.82, 2.24) is 9.97 Å². The zero-order chi connectivity index (χ0) is 14.5. The predicted molar refractivity (Wildman–Crippen MR) is 82.2 cm³/mol. The fourth-order valence-corrected chi connectivity index (χ4v) is 2.36. The van der Waals surface area contributed by atoms with Crippen molar-refractivity contribution in [3.8, 4) is 0 Å². The van der Waals surface area contributed by atoms with Gasteiger partial charge in [0.1, 0.15) is 22.1 Å². The highest BCUT2D eigenvalue weighted by Crippen LogP contribution is 2.19. The lowest BCUT2D eigenvalue weighted by molar-refractivity contribution is 0.607. The van der Waals surface area contributed by atoms with E-state index in [1.54, 1.807) is 12.1 Å². The van der Waals surface area contributed by atoms with Crippen molar-refractivity contribution in [1.29, 1.82) is 0 Å². The molecule has 20 heavy (non-hydrogen) atoms. The van der Waals surface area contributed by atoms with Gasteiger partial charge in [-0.15, -0.1) is 0 Å². The van der Waals surface area contributed by atoms with E-state index in [2.05, 4.69) is 32.8 Å². The number of anilines is 1. The lowest BCUT2D eigenvalue weighted by Crippen LogP contribution is -2.19. The first-order valence-corrected chi connectivity index (χ1v) is 7.37. The molecule has 0 saturated heterocycles. The number of rotatable bonds is 5. The minimum atomic E-state index is -0.193. The Hall–Kier alpha value is -1.49. The van der Waals surface area contributed by atoms with Crippen molar-refractivity contribution >= 4 is 21.7 Å². The van der Waals surface area contributed by atoms with Crippen LogP contribution >= 0.6 is 15.9 Å². The third-order valence-electron chi connectivity index (χ3n) is 2.96. The molecule has 0 N–H and O–H groups in total. The Morgan fingerprint density at radius 2 is 2.00 bits per heavy atom. The van der Waals surface area contributed by atoms with Gasteiger partial charge < -0.3 is 4.90 Å². The Bertz CT molecular complexity index is 589. The fraction of sp³-hybridized carbons (Fsp3) is 0.333. The summed E-state index contributed by atoms with van der Waals surface area (Å²) in [5, 5.41) is 0. The monoisotopic (exact) mass is 337 g/mol. The molecule has 1 aromatic heterocycles. The third kappa shape index (κ3) is 3.76. The molecule has 0 spiro atoms. The van der Waals surface area contributed by atoms with Gasteiger partial charge >= 0.3 is 0 Å². The van der Waals surface area contributed by atoms with Gasteiger partial charge in [0, 0.05) is 31.6 Å². The van der Waals surface area contributed by atoms with Gasteiger partial charge in [0.2, 0.25) is 0 Å². The number of hydrogen-bond donors (Lipinski definition) is 0. The van der Waals surface area contributed by atoms with Gasteiger partial charge in [0.25, 0.3) is 0 Å². The summed E-state index contributed by atoms with van der Waals surface area (Å²) in [4.78, 5) is 10.8. The van der Waals surface area contributed by atoms with Gasteiger partial charge in [-0.05, 0) is 28.4 Å². The zero-order valence-electron chi connectivity index (χ0n) is 11.6. The molecule has 0 fully saturated rings. The molecular weight excluding hydrogens is 321 g/mol. The average Bonchev–Trinajstić information content (AvgIpc) is 2.41. The van der Waals surface area contributed by atoms with Crippen LogP contribution in [0.25, 0.3) is 0 Å². The number of hydrogen-bond acceptors (Lipinski definition) is 3. The van der Waals surface area contributed by atoms with Crippen LogP contribution in [0.2, 0.25) is 0 Å². The Kier molecular flexibility index (Phi) is 5.06. The molecule has 2 aromatic rings. The van der Waals surface area contributed by atoms with Crippen LogP contribution in [0.15, 0.2) is 34.9 Å². The second-order valence-corrected chi connectivity index (χ2v) is 5.48. The molecule has 0 saturated carbocycles. The molecule has 0 aliphatic rings. The van der Waals surface area contributed by atoms with E-state index in [-0.39, 0.29) is 5.82 Å². The number of halogens is 2. The molecular formula is C15H17BrFN3. The predicted octanol–water partition coefficient (Wildman–Crippen LogP) is 3.97. The summed E-state index contributed by atoms with van der Waals surface area (Å²) in [6.45, 7) is 2.56. The molecule has 0 bridgehead atoms. The molecule has 0 aliphatic heterocycles. The minimum absolute atomic E-state index is 0.193. The van der Waals surface area contributed by atoms with E-state index in [9.17, 15) is 4.39 Å². The summed E-state index contributed by atoms with van der Waals surface area (Å²) in [6, 6.07) is 8.64. The lowest BCUT2D eigenvalue weighted by Gasteiger charge is -2.19.